The fourth-order valence-electron chi connectivity index (χ4n) is 6.46. The average molecular weight is 848 g/mol. The lowest BCUT2D eigenvalue weighted by molar-refractivity contribution is 0.0173. The summed E-state index contributed by atoms with van der Waals surface area (Å²) < 4.78 is 6.35. The Balaban J connectivity index is 0. The summed E-state index contributed by atoms with van der Waals surface area (Å²) in [5.41, 5.74) is 12.0. The molecule has 338 valence electrons. The minimum atomic E-state index is 0.0532. The maximum absolute atomic E-state index is 6.23. The smallest absolute Gasteiger partial charge is 0.0824 e. The van der Waals surface area contributed by atoms with Crippen molar-refractivity contribution in [2.24, 2.45) is 17.4 Å². The molecule has 0 aromatic carbocycles. The normalized spacial score (nSPS) is 14.0. The number of nitrogens with one attached hydrogen (secondary N) is 1. The molecule has 0 aromatic rings. The van der Waals surface area contributed by atoms with E-state index in [1.807, 2.05) is 33.3 Å². The number of nitrogens with two attached hydrogens (primary N) is 2. The molecule has 0 fully saturated rings. The second-order valence-corrected chi connectivity index (χ2v) is 22.5. The van der Waals surface area contributed by atoms with Gasteiger partial charge in [-0.3, -0.25) is 4.90 Å². The third kappa shape index (κ3) is 38.8. The second kappa shape index (κ2) is 42.3. The quantitative estimate of drug-likeness (QED) is 0.0243. The standard InChI is InChI=1S/C34H74N4OS3.C14H28/c1-9-11-13-14-15-16-17-18-19-20-21-22-23-38(28-32(26-36)39-24-12-10-2)31(4)33(5,6)42-41-29-40-34(7,8)37-27-30(3)25-35;1-3-5-7-9-11-13-14-12-10-8-6-4-2/h30-32,37H,9-29,35-36H2,1-8H3;9,11H,3-8,10,12-14H2,1-2H3/b;11-9-. The first-order valence-corrected chi connectivity index (χ1v) is 27.3. The molecule has 0 aliphatic rings. The van der Waals surface area contributed by atoms with Gasteiger partial charge in [-0.1, -0.05) is 190 Å². The number of rotatable bonds is 41. The number of thioether (sulfide) groups is 1. The molecule has 0 heterocycles. The Morgan fingerprint density at radius 3 is 1.61 bits per heavy atom. The van der Waals surface area contributed by atoms with Crippen molar-refractivity contribution < 1.29 is 4.74 Å². The van der Waals surface area contributed by atoms with Crippen LogP contribution in [0, 0.1) is 5.92 Å². The van der Waals surface area contributed by atoms with Gasteiger partial charge in [0.1, 0.15) is 0 Å². The number of ether oxygens (including phenoxy) is 1. The minimum Gasteiger partial charge on any atom is -0.376 e. The zero-order valence-corrected chi connectivity index (χ0v) is 42.0. The number of hydrogen-bond donors (Lipinski definition) is 3. The van der Waals surface area contributed by atoms with Gasteiger partial charge in [-0.2, -0.15) is 0 Å². The van der Waals surface area contributed by atoms with E-state index in [-0.39, 0.29) is 15.7 Å². The minimum absolute atomic E-state index is 0.0532. The molecule has 3 unspecified atom stereocenters. The first-order chi connectivity index (χ1) is 26.9. The van der Waals surface area contributed by atoms with Gasteiger partial charge in [0.2, 0.25) is 0 Å². The van der Waals surface area contributed by atoms with E-state index >= 15 is 0 Å². The summed E-state index contributed by atoms with van der Waals surface area (Å²) in [6.07, 6.45) is 37.5. The zero-order valence-electron chi connectivity index (χ0n) is 39.5. The molecule has 0 spiro atoms. The van der Waals surface area contributed by atoms with E-state index in [1.54, 1.807) is 0 Å². The highest BCUT2D eigenvalue weighted by Crippen LogP contribution is 2.42. The number of hydrogen-bond acceptors (Lipinski definition) is 8. The van der Waals surface area contributed by atoms with Crippen LogP contribution >= 0.6 is 33.3 Å². The summed E-state index contributed by atoms with van der Waals surface area (Å²) in [4.78, 5) is 2.73. The van der Waals surface area contributed by atoms with Crippen molar-refractivity contribution in [3.05, 3.63) is 12.2 Å². The highest BCUT2D eigenvalue weighted by molar-refractivity contribution is 8.78. The van der Waals surface area contributed by atoms with Crippen LogP contribution in [0.4, 0.5) is 0 Å². The van der Waals surface area contributed by atoms with Crippen LogP contribution in [-0.2, 0) is 4.74 Å². The van der Waals surface area contributed by atoms with Crippen LogP contribution in [-0.4, -0.2) is 71.1 Å². The Hall–Kier alpha value is 0.590. The Morgan fingerprint density at radius 2 is 1.11 bits per heavy atom. The highest BCUT2D eigenvalue weighted by atomic mass is 33.1. The third-order valence-electron chi connectivity index (χ3n) is 11.0. The molecule has 0 aliphatic carbocycles. The fraction of sp³-hybridized carbons (Fsp3) is 0.958. The summed E-state index contributed by atoms with van der Waals surface area (Å²) in [5.74, 6) is 0.506. The molecule has 5 N–H and O–H groups in total. The lowest BCUT2D eigenvalue weighted by Crippen LogP contribution is -2.50. The van der Waals surface area contributed by atoms with Crippen molar-refractivity contribution in [2.45, 2.75) is 245 Å². The van der Waals surface area contributed by atoms with E-state index in [2.05, 4.69) is 91.6 Å². The van der Waals surface area contributed by atoms with E-state index in [9.17, 15) is 0 Å². The summed E-state index contributed by atoms with van der Waals surface area (Å²) in [5, 5.41) is 4.74. The summed E-state index contributed by atoms with van der Waals surface area (Å²) in [6.45, 7) is 28.2. The molecular formula is C48H102N4OS3. The van der Waals surface area contributed by atoms with Crippen molar-refractivity contribution in [1.29, 1.82) is 0 Å². The topological polar surface area (TPSA) is 76.5 Å². The Kier molecular flexibility index (Phi) is 44.3. The third-order valence-corrected chi connectivity index (χ3v) is 16.2. The van der Waals surface area contributed by atoms with Crippen LogP contribution in [0.1, 0.15) is 223 Å². The maximum atomic E-state index is 6.23. The first-order valence-electron chi connectivity index (χ1n) is 24.0. The fourth-order valence-corrected chi connectivity index (χ4v) is 11.0. The highest BCUT2D eigenvalue weighted by Gasteiger charge is 2.33. The van der Waals surface area contributed by atoms with Crippen molar-refractivity contribution in [1.82, 2.24) is 10.2 Å². The Morgan fingerprint density at radius 1 is 0.625 bits per heavy atom. The zero-order chi connectivity index (χ0) is 42.2. The van der Waals surface area contributed by atoms with E-state index in [0.717, 1.165) is 50.7 Å². The van der Waals surface area contributed by atoms with Gasteiger partial charge in [0, 0.05) is 37.0 Å². The van der Waals surface area contributed by atoms with Gasteiger partial charge < -0.3 is 21.5 Å². The lowest BCUT2D eigenvalue weighted by atomic mass is 10.0. The number of nitrogens with zero attached hydrogens (tertiary/aromatic N) is 1. The van der Waals surface area contributed by atoms with Crippen LogP contribution in [0.3, 0.4) is 0 Å². The molecule has 0 aromatic heterocycles. The molecule has 8 heteroatoms. The largest absolute Gasteiger partial charge is 0.376 e. The molecule has 0 aliphatic heterocycles. The van der Waals surface area contributed by atoms with Gasteiger partial charge in [0.05, 0.1) is 16.1 Å². The molecule has 0 saturated carbocycles. The Bertz CT molecular complexity index is 815. The molecule has 0 rings (SSSR count). The second-order valence-electron chi connectivity index (χ2n) is 17.6. The van der Waals surface area contributed by atoms with E-state index in [1.165, 1.54) is 141 Å². The number of unbranched alkanes of at least 4 members (excludes halogenated alkanes) is 20. The summed E-state index contributed by atoms with van der Waals surface area (Å²) in [6, 6.07) is 0.438. The predicted octanol–water partition coefficient (Wildman–Crippen LogP) is 14.8. The van der Waals surface area contributed by atoms with Crippen LogP contribution < -0.4 is 16.8 Å². The van der Waals surface area contributed by atoms with Gasteiger partial charge >= 0.3 is 0 Å². The SMILES string of the molecule is CCCC/C=C\CCCCCCCC.CCCCCCCCCCCCCCN(CC(CN)OCCCC)C(C)C(C)(C)SSCSC(C)(C)NCC(C)CN. The number of allylic oxidation sites excluding steroid dienone is 2. The van der Waals surface area contributed by atoms with E-state index < -0.39 is 0 Å². The van der Waals surface area contributed by atoms with E-state index in [4.69, 9.17) is 16.2 Å². The summed E-state index contributed by atoms with van der Waals surface area (Å²) in [7, 11) is 4.03. The van der Waals surface area contributed by atoms with Crippen molar-refractivity contribution in [3.8, 4) is 0 Å². The predicted molar refractivity (Wildman–Crippen MR) is 264 cm³/mol. The molecule has 5 nitrogen and oxygen atoms in total. The molecule has 0 amide bonds. The molecule has 56 heavy (non-hydrogen) atoms. The van der Waals surface area contributed by atoms with Gasteiger partial charge in [0.15, 0.2) is 0 Å². The average Bonchev–Trinajstić information content (AvgIpc) is 3.18. The molecule has 0 radical (unpaired) electrons. The molecule has 3 atom stereocenters. The van der Waals surface area contributed by atoms with Crippen LogP contribution in [0.15, 0.2) is 12.2 Å². The monoisotopic (exact) mass is 847 g/mol. The Labute approximate surface area is 365 Å². The molecular weight excluding hydrogens is 745 g/mol. The maximum Gasteiger partial charge on any atom is 0.0824 e. The van der Waals surface area contributed by atoms with Gasteiger partial charge in [-0.25, -0.2) is 0 Å². The molecule has 0 bridgehead atoms. The van der Waals surface area contributed by atoms with Crippen molar-refractivity contribution >= 4 is 33.3 Å². The van der Waals surface area contributed by atoms with Crippen LogP contribution in [0.5, 0.6) is 0 Å². The van der Waals surface area contributed by atoms with Crippen LogP contribution in [0.25, 0.3) is 0 Å². The van der Waals surface area contributed by atoms with Gasteiger partial charge in [-0.05, 0) is 85.7 Å². The van der Waals surface area contributed by atoms with Crippen molar-refractivity contribution in [2.75, 3.05) is 44.4 Å². The van der Waals surface area contributed by atoms with Crippen molar-refractivity contribution in [3.63, 3.8) is 0 Å². The molecule has 0 saturated heterocycles. The van der Waals surface area contributed by atoms with Gasteiger partial charge in [-0.15, -0.1) is 11.8 Å². The van der Waals surface area contributed by atoms with E-state index in [0.29, 0.717) is 18.5 Å². The summed E-state index contributed by atoms with van der Waals surface area (Å²) >= 11 is 1.99. The van der Waals surface area contributed by atoms with Crippen LogP contribution in [0.2, 0.25) is 0 Å². The first kappa shape index (κ1) is 58.7. The lowest BCUT2D eigenvalue weighted by Gasteiger charge is -2.41. The van der Waals surface area contributed by atoms with Gasteiger partial charge in [0.25, 0.3) is 0 Å².